The number of ether oxygens (including phenoxy) is 3. The molecule has 3 aromatic rings. The van der Waals surface area contributed by atoms with Gasteiger partial charge < -0.3 is 30.0 Å². The van der Waals surface area contributed by atoms with E-state index in [4.69, 9.17) is 14.2 Å². The maximum atomic E-state index is 12.4. The largest absolute Gasteiger partial charge is 0.486 e. The van der Waals surface area contributed by atoms with Crippen molar-refractivity contribution in [2.45, 2.75) is 0 Å². The predicted octanol–water partition coefficient (Wildman–Crippen LogP) is 3.20. The Morgan fingerprint density at radius 2 is 1.46 bits per heavy atom. The quantitative estimate of drug-likeness (QED) is 0.442. The van der Waals surface area contributed by atoms with Crippen LogP contribution in [0.2, 0.25) is 0 Å². The molecule has 178 valence electrons. The van der Waals surface area contributed by atoms with E-state index in [-0.39, 0.29) is 16.7 Å². The highest BCUT2D eigenvalue weighted by Gasteiger charge is 2.17. The van der Waals surface area contributed by atoms with Crippen LogP contribution < -0.4 is 20.1 Å². The van der Waals surface area contributed by atoms with Gasteiger partial charge in [0.25, 0.3) is 11.8 Å². The number of carbonyl (C=O) groups is 4. The lowest BCUT2D eigenvalue weighted by Crippen LogP contribution is -2.21. The van der Waals surface area contributed by atoms with E-state index in [2.05, 4.69) is 10.6 Å². The van der Waals surface area contributed by atoms with E-state index in [1.54, 1.807) is 24.3 Å². The van der Waals surface area contributed by atoms with Gasteiger partial charge in [-0.25, -0.2) is 9.59 Å². The molecule has 0 aliphatic carbocycles. The number of hydrogen-bond donors (Lipinski definition) is 3. The number of amides is 2. The molecule has 10 heteroatoms. The van der Waals surface area contributed by atoms with Crippen molar-refractivity contribution in [2.75, 3.05) is 30.5 Å². The van der Waals surface area contributed by atoms with Crippen LogP contribution >= 0.6 is 0 Å². The molecule has 35 heavy (non-hydrogen) atoms. The van der Waals surface area contributed by atoms with Crippen LogP contribution in [0.5, 0.6) is 11.5 Å². The van der Waals surface area contributed by atoms with Crippen molar-refractivity contribution in [1.82, 2.24) is 0 Å². The van der Waals surface area contributed by atoms with E-state index < -0.39 is 30.4 Å². The van der Waals surface area contributed by atoms with Crippen molar-refractivity contribution >= 4 is 35.1 Å². The molecule has 0 radical (unpaired) electrons. The Bertz CT molecular complexity index is 1290. The number of hydrogen-bond acceptors (Lipinski definition) is 7. The Labute approximate surface area is 199 Å². The maximum absolute atomic E-state index is 12.4. The molecule has 0 spiro atoms. The van der Waals surface area contributed by atoms with Crippen LogP contribution in [0, 0.1) is 0 Å². The number of carboxylic acids is 1. The number of aromatic carboxylic acids is 1. The van der Waals surface area contributed by atoms with Gasteiger partial charge in [-0.2, -0.15) is 0 Å². The molecule has 1 aliphatic rings. The fraction of sp³-hybridized carbons (Fsp3) is 0.120. The number of fused-ring (bicyclic) bond motifs is 1. The fourth-order valence-corrected chi connectivity index (χ4v) is 3.29. The second kappa shape index (κ2) is 10.4. The first kappa shape index (κ1) is 23.3. The highest BCUT2D eigenvalue weighted by molar-refractivity contribution is 6.10. The molecule has 1 heterocycles. The summed E-state index contributed by atoms with van der Waals surface area (Å²) in [5.41, 5.74) is 0.872. The lowest BCUT2D eigenvalue weighted by Gasteiger charge is -2.19. The second-order valence-corrected chi connectivity index (χ2v) is 7.36. The predicted molar refractivity (Wildman–Crippen MR) is 124 cm³/mol. The minimum absolute atomic E-state index is 0.00696. The van der Waals surface area contributed by atoms with Gasteiger partial charge >= 0.3 is 11.9 Å². The van der Waals surface area contributed by atoms with Gasteiger partial charge in [-0.05, 0) is 48.5 Å². The monoisotopic (exact) mass is 476 g/mol. The summed E-state index contributed by atoms with van der Waals surface area (Å²) in [6.45, 7) is 0.374. The molecule has 0 saturated carbocycles. The van der Waals surface area contributed by atoms with E-state index in [0.29, 0.717) is 36.1 Å². The van der Waals surface area contributed by atoms with Crippen LogP contribution in [-0.4, -0.2) is 48.7 Å². The molecule has 2 amide bonds. The average Bonchev–Trinajstić information content (AvgIpc) is 2.87. The van der Waals surface area contributed by atoms with Crippen LogP contribution in [0.3, 0.4) is 0 Å². The molecular formula is C25H20N2O8. The van der Waals surface area contributed by atoms with E-state index in [0.717, 1.165) is 0 Å². The first-order chi connectivity index (χ1) is 16.9. The molecule has 0 bridgehead atoms. The molecule has 0 saturated heterocycles. The zero-order valence-electron chi connectivity index (χ0n) is 18.3. The molecule has 1 aliphatic heterocycles. The summed E-state index contributed by atoms with van der Waals surface area (Å²) >= 11 is 0. The van der Waals surface area contributed by atoms with Crippen molar-refractivity contribution < 1.29 is 38.5 Å². The highest BCUT2D eigenvalue weighted by Crippen LogP contribution is 2.32. The van der Waals surface area contributed by atoms with Crippen LogP contribution in [0.25, 0.3) is 0 Å². The Balaban J connectivity index is 1.30. The molecule has 0 fully saturated rings. The van der Waals surface area contributed by atoms with Gasteiger partial charge in [0.1, 0.15) is 13.2 Å². The normalized spacial score (nSPS) is 11.8. The summed E-state index contributed by atoms with van der Waals surface area (Å²) < 4.78 is 15.9. The minimum Gasteiger partial charge on any atom is -0.486 e. The number of anilines is 2. The molecular weight excluding hydrogens is 456 g/mol. The lowest BCUT2D eigenvalue weighted by atomic mass is 10.1. The molecule has 0 aromatic heterocycles. The van der Waals surface area contributed by atoms with Crippen molar-refractivity contribution in [2.24, 2.45) is 0 Å². The van der Waals surface area contributed by atoms with Crippen LogP contribution in [0.4, 0.5) is 11.4 Å². The molecule has 0 unspecified atom stereocenters. The van der Waals surface area contributed by atoms with E-state index in [1.165, 1.54) is 42.5 Å². The number of esters is 1. The zero-order chi connectivity index (χ0) is 24.8. The molecule has 0 atom stereocenters. The van der Waals surface area contributed by atoms with Gasteiger partial charge in [0, 0.05) is 17.4 Å². The van der Waals surface area contributed by atoms with Gasteiger partial charge in [0.05, 0.1) is 16.7 Å². The Morgan fingerprint density at radius 3 is 2.17 bits per heavy atom. The summed E-state index contributed by atoms with van der Waals surface area (Å²) in [4.78, 5) is 48.2. The van der Waals surface area contributed by atoms with Crippen molar-refractivity contribution in [1.29, 1.82) is 0 Å². The number of carbonyl (C=O) groups excluding carboxylic acids is 3. The van der Waals surface area contributed by atoms with Crippen molar-refractivity contribution in [3.05, 3.63) is 83.4 Å². The van der Waals surface area contributed by atoms with Gasteiger partial charge in [-0.1, -0.05) is 12.1 Å². The highest BCUT2D eigenvalue weighted by atomic mass is 16.6. The average molecular weight is 476 g/mol. The number of benzene rings is 3. The molecule has 4 rings (SSSR count). The Kier molecular flexibility index (Phi) is 6.91. The smallest absolute Gasteiger partial charge is 0.338 e. The number of rotatable bonds is 7. The van der Waals surface area contributed by atoms with E-state index >= 15 is 0 Å². The minimum atomic E-state index is -1.22. The van der Waals surface area contributed by atoms with Gasteiger partial charge in [-0.15, -0.1) is 0 Å². The van der Waals surface area contributed by atoms with E-state index in [1.807, 2.05) is 0 Å². The van der Waals surface area contributed by atoms with Crippen LogP contribution in [0.15, 0.2) is 66.7 Å². The molecule has 3 N–H and O–H groups in total. The second-order valence-electron chi connectivity index (χ2n) is 7.36. The third-order valence-electron chi connectivity index (χ3n) is 4.94. The SMILES string of the molecule is O=C(COC(=O)c1ccc(NC(=O)c2ccccc2C(=O)O)cc1)Nc1ccc2c(c1)OCCO2. The van der Waals surface area contributed by atoms with Gasteiger partial charge in [0.15, 0.2) is 18.1 Å². The van der Waals surface area contributed by atoms with Crippen LogP contribution in [0.1, 0.15) is 31.1 Å². The maximum Gasteiger partial charge on any atom is 0.338 e. The summed E-state index contributed by atoms with van der Waals surface area (Å²) in [6, 6.07) is 16.5. The standard InChI is InChI=1S/C25H20N2O8/c28-22(26-17-9-10-20-21(13-17)34-12-11-33-20)14-35-25(32)15-5-7-16(8-6-15)27-23(29)18-3-1-2-4-19(18)24(30)31/h1-10,13H,11-12,14H2,(H,26,28)(H,27,29)(H,30,31). The van der Waals surface area contributed by atoms with Crippen molar-refractivity contribution in [3.8, 4) is 11.5 Å². The van der Waals surface area contributed by atoms with Gasteiger partial charge in [-0.3, -0.25) is 9.59 Å². The van der Waals surface area contributed by atoms with Gasteiger partial charge in [0.2, 0.25) is 0 Å². The summed E-state index contributed by atoms with van der Waals surface area (Å²) in [5.74, 6) is -1.97. The Morgan fingerprint density at radius 1 is 0.800 bits per heavy atom. The Hall–Kier alpha value is -4.86. The third kappa shape index (κ3) is 5.74. The number of carboxylic acid groups (broad SMARTS) is 1. The zero-order valence-corrected chi connectivity index (χ0v) is 18.3. The topological polar surface area (TPSA) is 140 Å². The summed E-state index contributed by atoms with van der Waals surface area (Å²) in [6.07, 6.45) is 0. The summed E-state index contributed by atoms with van der Waals surface area (Å²) in [7, 11) is 0. The lowest BCUT2D eigenvalue weighted by molar-refractivity contribution is -0.119. The van der Waals surface area contributed by atoms with Crippen LogP contribution in [-0.2, 0) is 9.53 Å². The number of nitrogens with one attached hydrogen (secondary N) is 2. The molecule has 10 nitrogen and oxygen atoms in total. The third-order valence-corrected chi connectivity index (χ3v) is 4.94. The van der Waals surface area contributed by atoms with E-state index in [9.17, 15) is 24.3 Å². The fourth-order valence-electron chi connectivity index (χ4n) is 3.29. The van der Waals surface area contributed by atoms with Crippen molar-refractivity contribution in [3.63, 3.8) is 0 Å². The molecule has 3 aromatic carbocycles. The summed E-state index contributed by atoms with van der Waals surface area (Å²) in [5, 5.41) is 14.4. The first-order valence-corrected chi connectivity index (χ1v) is 10.5. The first-order valence-electron chi connectivity index (χ1n) is 10.5.